The highest BCUT2D eigenvalue weighted by molar-refractivity contribution is 6.11. The van der Waals surface area contributed by atoms with Gasteiger partial charge in [-0.1, -0.05) is 105 Å². The zero-order chi connectivity index (χ0) is 37.9. The summed E-state index contributed by atoms with van der Waals surface area (Å²) in [6.07, 6.45) is 3.46. The van der Waals surface area contributed by atoms with E-state index in [0.717, 1.165) is 63.7 Å². The number of benzene rings is 7. The second-order valence-corrected chi connectivity index (χ2v) is 15.9. The first-order valence-electron chi connectivity index (χ1n) is 20.2. The Morgan fingerprint density at radius 2 is 0.982 bits per heavy atom. The number of nitrogens with zero attached hydrogens (tertiary/aromatic N) is 2. The zero-order valence-electron chi connectivity index (χ0n) is 32.5. The average molecular weight is 731 g/mol. The van der Waals surface area contributed by atoms with Gasteiger partial charge in [0.1, 0.15) is 11.2 Å². The van der Waals surface area contributed by atoms with E-state index in [1.807, 2.05) is 0 Å². The summed E-state index contributed by atoms with van der Waals surface area (Å²) in [4.78, 5) is 0. The molecule has 0 fully saturated rings. The first kappa shape index (κ1) is 34.4. The van der Waals surface area contributed by atoms with E-state index in [-0.39, 0.29) is 12.2 Å². The van der Waals surface area contributed by atoms with Gasteiger partial charge < -0.3 is 18.3 Å². The number of para-hydroxylation sites is 4. The van der Waals surface area contributed by atoms with Crippen molar-refractivity contribution in [1.82, 2.24) is 9.13 Å². The highest BCUT2D eigenvalue weighted by atomic mass is 16.5. The monoisotopic (exact) mass is 730 g/mol. The Balaban J connectivity index is 1.18. The molecular weight excluding hydrogens is 685 g/mol. The molecule has 3 heterocycles. The van der Waals surface area contributed by atoms with Gasteiger partial charge in [0.05, 0.1) is 34.3 Å². The SMILES string of the molecule is CCC(C)CC(Cc1ccc2oc3ccc(-c4cc(-n5c6ccccc6c6ccccc65)cc(-n5c6ccccc6c6ccccc65)c4)cc3c2c1)OC(C)C. The van der Waals surface area contributed by atoms with Gasteiger partial charge in [-0.05, 0) is 116 Å². The summed E-state index contributed by atoms with van der Waals surface area (Å²) in [7, 11) is 0. The van der Waals surface area contributed by atoms with E-state index in [1.54, 1.807) is 0 Å². The molecule has 0 aliphatic heterocycles. The third-order valence-electron chi connectivity index (χ3n) is 11.7. The molecule has 0 aliphatic carbocycles. The Morgan fingerprint density at radius 1 is 0.500 bits per heavy atom. The Labute approximate surface area is 327 Å². The molecule has 276 valence electrons. The summed E-state index contributed by atoms with van der Waals surface area (Å²) in [6, 6.07) is 55.5. The van der Waals surface area contributed by atoms with E-state index in [1.165, 1.54) is 49.2 Å². The van der Waals surface area contributed by atoms with Crippen molar-refractivity contribution >= 4 is 65.6 Å². The van der Waals surface area contributed by atoms with Gasteiger partial charge in [0.2, 0.25) is 0 Å². The lowest BCUT2D eigenvalue weighted by Crippen LogP contribution is -2.23. The summed E-state index contributed by atoms with van der Waals surface area (Å²) in [5.41, 5.74) is 12.4. The smallest absolute Gasteiger partial charge is 0.135 e. The molecule has 0 spiro atoms. The quantitative estimate of drug-likeness (QED) is 0.140. The zero-order valence-corrected chi connectivity index (χ0v) is 32.5. The molecular formula is C52H46N2O2. The van der Waals surface area contributed by atoms with Gasteiger partial charge in [-0.2, -0.15) is 0 Å². The number of hydrogen-bond donors (Lipinski definition) is 0. The van der Waals surface area contributed by atoms with Gasteiger partial charge in [-0.15, -0.1) is 0 Å². The van der Waals surface area contributed by atoms with E-state index in [2.05, 4.69) is 188 Å². The van der Waals surface area contributed by atoms with E-state index in [4.69, 9.17) is 9.15 Å². The molecule has 2 atom stereocenters. The maximum Gasteiger partial charge on any atom is 0.135 e. The fraction of sp³-hybridized carbons (Fsp3) is 0.192. The topological polar surface area (TPSA) is 32.2 Å². The molecule has 0 amide bonds. The van der Waals surface area contributed by atoms with Crippen LogP contribution < -0.4 is 0 Å². The van der Waals surface area contributed by atoms with E-state index in [0.29, 0.717) is 5.92 Å². The number of furan rings is 1. The summed E-state index contributed by atoms with van der Waals surface area (Å²) in [6.45, 7) is 8.87. The molecule has 7 aromatic carbocycles. The molecule has 3 aromatic heterocycles. The Morgan fingerprint density at radius 3 is 1.48 bits per heavy atom. The summed E-state index contributed by atoms with van der Waals surface area (Å²) in [5.74, 6) is 0.616. The minimum Gasteiger partial charge on any atom is -0.456 e. The number of ether oxygens (including phenoxy) is 1. The molecule has 0 saturated heterocycles. The molecule has 10 rings (SSSR count). The minimum atomic E-state index is 0.180. The molecule has 56 heavy (non-hydrogen) atoms. The maximum atomic E-state index is 6.47. The van der Waals surface area contributed by atoms with Crippen LogP contribution in [0.5, 0.6) is 0 Å². The van der Waals surface area contributed by atoms with Crippen LogP contribution in [-0.4, -0.2) is 21.3 Å². The number of hydrogen-bond acceptors (Lipinski definition) is 2. The molecule has 0 radical (unpaired) electrons. The largest absolute Gasteiger partial charge is 0.456 e. The molecule has 0 N–H and O–H groups in total. The highest BCUT2D eigenvalue weighted by Gasteiger charge is 2.20. The van der Waals surface area contributed by atoms with Crippen LogP contribution in [0.15, 0.2) is 156 Å². The number of fused-ring (bicyclic) bond motifs is 9. The average Bonchev–Trinajstić information content (AvgIpc) is 3.88. The summed E-state index contributed by atoms with van der Waals surface area (Å²) < 4.78 is 17.8. The highest BCUT2D eigenvalue weighted by Crippen LogP contribution is 2.39. The lowest BCUT2D eigenvalue weighted by molar-refractivity contribution is -0.00413. The predicted octanol–water partition coefficient (Wildman–Crippen LogP) is 14.2. The van der Waals surface area contributed by atoms with Gasteiger partial charge in [-0.25, -0.2) is 0 Å². The van der Waals surface area contributed by atoms with Crippen LogP contribution >= 0.6 is 0 Å². The second kappa shape index (κ2) is 13.9. The van der Waals surface area contributed by atoms with Crippen molar-refractivity contribution in [3.63, 3.8) is 0 Å². The molecule has 4 nitrogen and oxygen atoms in total. The van der Waals surface area contributed by atoms with E-state index >= 15 is 0 Å². The van der Waals surface area contributed by atoms with Gasteiger partial charge in [-0.3, -0.25) is 0 Å². The van der Waals surface area contributed by atoms with Crippen molar-refractivity contribution in [2.45, 2.75) is 59.2 Å². The number of aromatic nitrogens is 2. The first-order valence-corrected chi connectivity index (χ1v) is 20.2. The van der Waals surface area contributed by atoms with Gasteiger partial charge in [0, 0.05) is 43.7 Å². The summed E-state index contributed by atoms with van der Waals surface area (Å²) in [5, 5.41) is 7.27. The fourth-order valence-electron chi connectivity index (χ4n) is 9.00. The van der Waals surface area contributed by atoms with Crippen molar-refractivity contribution in [3.8, 4) is 22.5 Å². The third kappa shape index (κ3) is 5.88. The van der Waals surface area contributed by atoms with Gasteiger partial charge in [0.15, 0.2) is 0 Å². The van der Waals surface area contributed by atoms with Crippen LogP contribution in [0.25, 0.3) is 88.1 Å². The minimum absolute atomic E-state index is 0.180. The molecule has 0 saturated carbocycles. The molecule has 0 aliphatic rings. The lowest BCUT2D eigenvalue weighted by Gasteiger charge is -2.23. The first-order chi connectivity index (χ1) is 27.4. The molecule has 10 aromatic rings. The number of rotatable bonds is 10. The van der Waals surface area contributed by atoms with E-state index in [9.17, 15) is 0 Å². The molecule has 4 heteroatoms. The lowest BCUT2D eigenvalue weighted by atomic mass is 9.95. The maximum absolute atomic E-state index is 6.47. The van der Waals surface area contributed by atoms with Crippen LogP contribution in [0.1, 0.15) is 46.1 Å². The third-order valence-corrected chi connectivity index (χ3v) is 11.7. The molecule has 2 unspecified atom stereocenters. The van der Waals surface area contributed by atoms with Crippen molar-refractivity contribution in [3.05, 3.63) is 157 Å². The van der Waals surface area contributed by atoms with E-state index < -0.39 is 0 Å². The van der Waals surface area contributed by atoms with Crippen LogP contribution in [0.4, 0.5) is 0 Å². The second-order valence-electron chi connectivity index (χ2n) is 15.9. The Hall–Kier alpha value is -6.10. The predicted molar refractivity (Wildman–Crippen MR) is 236 cm³/mol. The fourth-order valence-corrected chi connectivity index (χ4v) is 9.00. The normalized spacial score (nSPS) is 13.3. The van der Waals surface area contributed by atoms with Gasteiger partial charge in [0.25, 0.3) is 0 Å². The van der Waals surface area contributed by atoms with Crippen molar-refractivity contribution in [2.24, 2.45) is 5.92 Å². The van der Waals surface area contributed by atoms with Crippen molar-refractivity contribution in [2.75, 3.05) is 0 Å². The van der Waals surface area contributed by atoms with Crippen molar-refractivity contribution < 1.29 is 9.15 Å². The Bertz CT molecular complexity index is 2830. The van der Waals surface area contributed by atoms with Crippen molar-refractivity contribution in [1.29, 1.82) is 0 Å². The van der Waals surface area contributed by atoms with Crippen LogP contribution in [-0.2, 0) is 11.2 Å². The Kier molecular flexibility index (Phi) is 8.53. The van der Waals surface area contributed by atoms with Crippen LogP contribution in [0, 0.1) is 5.92 Å². The van der Waals surface area contributed by atoms with Crippen LogP contribution in [0.2, 0.25) is 0 Å². The van der Waals surface area contributed by atoms with Gasteiger partial charge >= 0.3 is 0 Å². The molecule has 0 bridgehead atoms. The van der Waals surface area contributed by atoms with Crippen LogP contribution in [0.3, 0.4) is 0 Å². The standard InChI is InChI=1S/C52H46N2O2/c1-5-34(4)26-40(55-33(2)3)27-35-22-24-51-45(28-35)46-31-36(23-25-52(46)56-51)37-29-38(53-47-18-10-6-14-41(47)42-15-7-11-19-48(42)53)32-39(30-37)54-49-20-12-8-16-43(49)44-17-9-13-21-50(44)54/h6-25,28-34,40H,5,26-27H2,1-4H3. The summed E-state index contributed by atoms with van der Waals surface area (Å²) >= 11 is 0.